The minimum Gasteiger partial charge on any atom is -0.309 e. The number of nitrogens with zero attached hydrogens (tertiary/aromatic N) is 1. The van der Waals surface area contributed by atoms with E-state index < -0.39 is 0 Å². The number of rotatable bonds is 4. The second-order valence-corrected chi connectivity index (χ2v) is 3.63. The molecule has 1 N–H and O–H groups in total. The molecule has 0 bridgehead atoms. The van der Waals surface area contributed by atoms with Crippen LogP contribution in [-0.4, -0.2) is 11.0 Å². The van der Waals surface area contributed by atoms with Gasteiger partial charge in [-0.25, -0.2) is 0 Å². The Labute approximate surface area is 71.7 Å². The molecule has 62 valence electrons. The summed E-state index contributed by atoms with van der Waals surface area (Å²) < 4.78 is 0. The smallest absolute Gasteiger partial charge is 0.0794 e. The largest absolute Gasteiger partial charge is 0.309 e. The minimum atomic E-state index is 0.608. The van der Waals surface area contributed by atoms with E-state index in [1.165, 1.54) is 11.3 Å². The van der Waals surface area contributed by atoms with Crippen molar-refractivity contribution in [3.05, 3.63) is 16.6 Å². The topological polar surface area (TPSA) is 24.9 Å². The van der Waals surface area contributed by atoms with Crippen LogP contribution in [0.15, 0.2) is 11.7 Å². The molecule has 0 unspecified atom stereocenters. The molecule has 11 heavy (non-hydrogen) atoms. The first kappa shape index (κ1) is 8.68. The van der Waals surface area contributed by atoms with Gasteiger partial charge in [0, 0.05) is 23.7 Å². The number of thiazole rings is 1. The first-order chi connectivity index (χ1) is 5.33. The van der Waals surface area contributed by atoms with Crippen molar-refractivity contribution >= 4 is 11.3 Å². The van der Waals surface area contributed by atoms with Crippen LogP contribution in [0.2, 0.25) is 0 Å². The molecule has 0 saturated heterocycles. The molecule has 0 amide bonds. The summed E-state index contributed by atoms with van der Waals surface area (Å²) in [6, 6.07) is 0.608. The zero-order valence-corrected chi connectivity index (χ0v) is 7.82. The van der Waals surface area contributed by atoms with E-state index >= 15 is 0 Å². The molecule has 0 aliphatic rings. The van der Waals surface area contributed by atoms with Gasteiger partial charge in [0.05, 0.1) is 5.51 Å². The lowest BCUT2D eigenvalue weighted by atomic mass is 10.2. The van der Waals surface area contributed by atoms with Crippen molar-refractivity contribution in [2.24, 2.45) is 0 Å². The summed E-state index contributed by atoms with van der Waals surface area (Å²) in [5.74, 6) is 0. The Balaban J connectivity index is 2.23. The molecular weight excluding hydrogens is 156 g/mol. The molecular formula is C8H14N2S. The van der Waals surface area contributed by atoms with Crippen molar-refractivity contribution in [1.82, 2.24) is 10.3 Å². The van der Waals surface area contributed by atoms with Crippen molar-refractivity contribution in [3.8, 4) is 0 Å². The summed E-state index contributed by atoms with van der Waals surface area (Å²) in [5, 5.41) is 3.41. The van der Waals surface area contributed by atoms with Gasteiger partial charge < -0.3 is 5.32 Å². The Bertz CT molecular complexity index is 184. The van der Waals surface area contributed by atoms with Crippen molar-refractivity contribution < 1.29 is 0 Å². The monoisotopic (exact) mass is 170 g/mol. The molecule has 1 rings (SSSR count). The molecule has 1 aromatic rings. The third-order valence-electron chi connectivity index (χ3n) is 1.72. The molecule has 1 atom stereocenters. The fourth-order valence-corrected chi connectivity index (χ4v) is 1.29. The van der Waals surface area contributed by atoms with Crippen LogP contribution in [0.3, 0.4) is 0 Å². The Kier molecular flexibility index (Phi) is 3.52. The van der Waals surface area contributed by atoms with E-state index in [1.54, 1.807) is 11.3 Å². The van der Waals surface area contributed by atoms with Crippen LogP contribution in [-0.2, 0) is 6.54 Å². The average molecular weight is 170 g/mol. The molecule has 3 heteroatoms. The van der Waals surface area contributed by atoms with E-state index in [0.717, 1.165) is 6.54 Å². The number of hydrogen-bond donors (Lipinski definition) is 1. The highest BCUT2D eigenvalue weighted by Crippen LogP contribution is 2.04. The lowest BCUT2D eigenvalue weighted by Crippen LogP contribution is -2.23. The third kappa shape index (κ3) is 2.99. The normalized spacial score (nSPS) is 13.3. The van der Waals surface area contributed by atoms with E-state index in [1.807, 2.05) is 11.7 Å². The standard InChI is InChI=1S/C8H14N2S/c1-3-7(2)10-5-8-4-9-6-11-8/h4,6-7,10H,3,5H2,1-2H3/t7-/m1/s1. The highest BCUT2D eigenvalue weighted by molar-refractivity contribution is 7.09. The zero-order chi connectivity index (χ0) is 8.10. The summed E-state index contributed by atoms with van der Waals surface area (Å²) in [6.07, 6.45) is 3.10. The molecule has 1 heterocycles. The Morgan fingerprint density at radius 2 is 2.55 bits per heavy atom. The quantitative estimate of drug-likeness (QED) is 0.748. The number of aromatic nitrogens is 1. The van der Waals surface area contributed by atoms with Gasteiger partial charge in [-0.1, -0.05) is 6.92 Å². The number of nitrogens with one attached hydrogen (secondary N) is 1. The molecule has 1 aromatic heterocycles. The highest BCUT2D eigenvalue weighted by atomic mass is 32.1. The van der Waals surface area contributed by atoms with E-state index in [4.69, 9.17) is 0 Å². The van der Waals surface area contributed by atoms with Crippen LogP contribution >= 0.6 is 11.3 Å². The van der Waals surface area contributed by atoms with Gasteiger partial charge in [-0.2, -0.15) is 0 Å². The highest BCUT2D eigenvalue weighted by Gasteiger charge is 1.98. The number of hydrogen-bond acceptors (Lipinski definition) is 3. The summed E-state index contributed by atoms with van der Waals surface area (Å²) in [6.45, 7) is 5.34. The minimum absolute atomic E-state index is 0.608. The van der Waals surface area contributed by atoms with E-state index in [2.05, 4.69) is 24.1 Å². The maximum absolute atomic E-state index is 4.00. The van der Waals surface area contributed by atoms with Crippen LogP contribution in [0.5, 0.6) is 0 Å². The van der Waals surface area contributed by atoms with Gasteiger partial charge in [-0.05, 0) is 13.3 Å². The molecule has 0 aromatic carbocycles. The molecule has 0 spiro atoms. The first-order valence-electron chi connectivity index (χ1n) is 3.93. The molecule has 0 saturated carbocycles. The van der Waals surface area contributed by atoms with Crippen molar-refractivity contribution in [2.45, 2.75) is 32.9 Å². The van der Waals surface area contributed by atoms with Gasteiger partial charge in [-0.3, -0.25) is 4.98 Å². The van der Waals surface area contributed by atoms with Gasteiger partial charge in [0.25, 0.3) is 0 Å². The molecule has 2 nitrogen and oxygen atoms in total. The van der Waals surface area contributed by atoms with Gasteiger partial charge in [0.1, 0.15) is 0 Å². The van der Waals surface area contributed by atoms with Crippen molar-refractivity contribution in [1.29, 1.82) is 0 Å². The fraction of sp³-hybridized carbons (Fsp3) is 0.625. The average Bonchev–Trinajstić information content (AvgIpc) is 2.52. The van der Waals surface area contributed by atoms with Crippen molar-refractivity contribution in [2.75, 3.05) is 0 Å². The van der Waals surface area contributed by atoms with Crippen LogP contribution in [0.1, 0.15) is 25.1 Å². The second kappa shape index (κ2) is 4.46. The molecule has 0 aliphatic carbocycles. The predicted molar refractivity (Wildman–Crippen MR) is 48.7 cm³/mol. The summed E-state index contributed by atoms with van der Waals surface area (Å²) in [4.78, 5) is 5.31. The fourth-order valence-electron chi connectivity index (χ4n) is 0.749. The zero-order valence-electron chi connectivity index (χ0n) is 7.00. The van der Waals surface area contributed by atoms with Crippen LogP contribution in [0, 0.1) is 0 Å². The van der Waals surface area contributed by atoms with Crippen LogP contribution in [0.4, 0.5) is 0 Å². The third-order valence-corrected chi connectivity index (χ3v) is 2.50. The van der Waals surface area contributed by atoms with E-state index in [0.29, 0.717) is 6.04 Å². The van der Waals surface area contributed by atoms with Gasteiger partial charge in [0.2, 0.25) is 0 Å². The Morgan fingerprint density at radius 1 is 1.73 bits per heavy atom. The van der Waals surface area contributed by atoms with Gasteiger partial charge >= 0.3 is 0 Å². The summed E-state index contributed by atoms with van der Waals surface area (Å²) in [7, 11) is 0. The first-order valence-corrected chi connectivity index (χ1v) is 4.81. The lowest BCUT2D eigenvalue weighted by Gasteiger charge is -2.08. The summed E-state index contributed by atoms with van der Waals surface area (Å²) >= 11 is 1.70. The maximum Gasteiger partial charge on any atom is 0.0794 e. The van der Waals surface area contributed by atoms with Gasteiger partial charge in [-0.15, -0.1) is 11.3 Å². The maximum atomic E-state index is 4.00. The Morgan fingerprint density at radius 3 is 3.09 bits per heavy atom. The SMILES string of the molecule is CC[C@@H](C)NCc1cncs1. The molecule has 0 fully saturated rings. The van der Waals surface area contributed by atoms with Crippen LogP contribution in [0.25, 0.3) is 0 Å². The predicted octanol–water partition coefficient (Wildman–Crippen LogP) is 2.03. The lowest BCUT2D eigenvalue weighted by molar-refractivity contribution is 0.537. The molecule has 0 radical (unpaired) electrons. The molecule has 0 aliphatic heterocycles. The van der Waals surface area contributed by atoms with Gasteiger partial charge in [0.15, 0.2) is 0 Å². The van der Waals surface area contributed by atoms with E-state index in [9.17, 15) is 0 Å². The Hall–Kier alpha value is -0.410. The van der Waals surface area contributed by atoms with Crippen LogP contribution < -0.4 is 5.32 Å². The summed E-state index contributed by atoms with van der Waals surface area (Å²) in [5.41, 5.74) is 1.87. The van der Waals surface area contributed by atoms with Crippen molar-refractivity contribution in [3.63, 3.8) is 0 Å². The van der Waals surface area contributed by atoms with E-state index in [-0.39, 0.29) is 0 Å². The second-order valence-electron chi connectivity index (χ2n) is 2.66.